The summed E-state index contributed by atoms with van der Waals surface area (Å²) in [6, 6.07) is 7.40. The maximum Gasteiger partial charge on any atom is 0.307 e. The molecular weight excluding hydrogens is 282 g/mol. The molecule has 0 atom stereocenters. The first kappa shape index (κ1) is 16.3. The highest BCUT2D eigenvalue weighted by atomic mass is 16.5. The molecule has 0 aliphatic heterocycles. The number of nitrogens with zero attached hydrogens (tertiary/aromatic N) is 1. The molecule has 1 amide bonds. The first-order valence-corrected chi connectivity index (χ1v) is 7.68. The van der Waals surface area contributed by atoms with Crippen LogP contribution < -0.4 is 4.74 Å². The minimum atomic E-state index is -0.296. The lowest BCUT2D eigenvalue weighted by Crippen LogP contribution is -2.40. The highest BCUT2D eigenvalue weighted by molar-refractivity contribution is 5.97. The van der Waals surface area contributed by atoms with E-state index in [1.54, 1.807) is 19.2 Å². The van der Waals surface area contributed by atoms with Gasteiger partial charge in [0.05, 0.1) is 26.2 Å². The van der Waals surface area contributed by atoms with Crippen LogP contribution in [-0.2, 0) is 9.53 Å². The van der Waals surface area contributed by atoms with Gasteiger partial charge < -0.3 is 14.4 Å². The van der Waals surface area contributed by atoms with E-state index in [1.807, 2.05) is 17.0 Å². The van der Waals surface area contributed by atoms with Crippen molar-refractivity contribution in [3.63, 3.8) is 0 Å². The summed E-state index contributed by atoms with van der Waals surface area (Å²) in [7, 11) is 2.92. The Labute approximate surface area is 131 Å². The largest absolute Gasteiger partial charge is 0.496 e. The molecule has 0 radical (unpaired) electrons. The number of para-hydroxylation sites is 1. The fraction of sp³-hybridized carbons (Fsp3) is 0.529. The zero-order chi connectivity index (χ0) is 15.9. The summed E-state index contributed by atoms with van der Waals surface area (Å²) in [5.41, 5.74) is 0.543. The molecule has 1 aliphatic carbocycles. The number of hydrogen-bond donors (Lipinski definition) is 0. The standard InChI is InChI=1S/C17H23NO4/c1-21-15-10-6-5-9-14(15)17(20)18(12-11-16(19)22-2)13-7-3-4-8-13/h5-6,9-10,13H,3-4,7-8,11-12H2,1-2H3. The Morgan fingerprint density at radius 3 is 2.50 bits per heavy atom. The Balaban J connectivity index is 2.19. The molecule has 2 rings (SSSR count). The van der Waals surface area contributed by atoms with Crippen LogP contribution in [0.5, 0.6) is 5.75 Å². The number of carbonyl (C=O) groups is 2. The van der Waals surface area contributed by atoms with Gasteiger partial charge in [0, 0.05) is 12.6 Å². The molecule has 1 saturated carbocycles. The van der Waals surface area contributed by atoms with Crippen molar-refractivity contribution in [3.8, 4) is 5.75 Å². The molecule has 5 nitrogen and oxygen atoms in total. The van der Waals surface area contributed by atoms with Gasteiger partial charge in [-0.15, -0.1) is 0 Å². The highest BCUT2D eigenvalue weighted by Crippen LogP contribution is 2.27. The van der Waals surface area contributed by atoms with Gasteiger partial charge in [-0.2, -0.15) is 0 Å². The van der Waals surface area contributed by atoms with Crippen molar-refractivity contribution in [2.24, 2.45) is 0 Å². The third-order valence-corrected chi connectivity index (χ3v) is 4.15. The van der Waals surface area contributed by atoms with E-state index in [-0.39, 0.29) is 24.3 Å². The monoisotopic (exact) mass is 305 g/mol. The van der Waals surface area contributed by atoms with E-state index in [1.165, 1.54) is 7.11 Å². The van der Waals surface area contributed by atoms with Crippen LogP contribution in [0.1, 0.15) is 42.5 Å². The lowest BCUT2D eigenvalue weighted by Gasteiger charge is -2.29. The van der Waals surface area contributed by atoms with Gasteiger partial charge in [-0.05, 0) is 25.0 Å². The molecule has 0 bridgehead atoms. The van der Waals surface area contributed by atoms with Crippen LogP contribution in [0.25, 0.3) is 0 Å². The summed E-state index contributed by atoms with van der Waals surface area (Å²) in [5, 5.41) is 0. The Kier molecular flexibility index (Phi) is 5.81. The lowest BCUT2D eigenvalue weighted by atomic mass is 10.1. The normalized spacial score (nSPS) is 14.6. The molecule has 0 spiro atoms. The predicted molar refractivity (Wildman–Crippen MR) is 82.9 cm³/mol. The molecule has 22 heavy (non-hydrogen) atoms. The van der Waals surface area contributed by atoms with E-state index >= 15 is 0 Å². The van der Waals surface area contributed by atoms with Gasteiger partial charge in [-0.25, -0.2) is 0 Å². The zero-order valence-electron chi connectivity index (χ0n) is 13.2. The van der Waals surface area contributed by atoms with Crippen LogP contribution in [0, 0.1) is 0 Å². The fourth-order valence-electron chi connectivity index (χ4n) is 2.96. The minimum Gasteiger partial charge on any atom is -0.496 e. The molecular formula is C17H23NO4. The van der Waals surface area contributed by atoms with E-state index in [9.17, 15) is 9.59 Å². The molecule has 120 valence electrons. The maximum absolute atomic E-state index is 12.9. The summed E-state index contributed by atoms with van der Waals surface area (Å²) in [6.45, 7) is 0.383. The summed E-state index contributed by atoms with van der Waals surface area (Å²) >= 11 is 0. The number of esters is 1. The number of ether oxygens (including phenoxy) is 2. The third-order valence-electron chi connectivity index (χ3n) is 4.15. The van der Waals surface area contributed by atoms with Crippen LogP contribution in [0.3, 0.4) is 0 Å². The van der Waals surface area contributed by atoms with Crippen LogP contribution in [0.2, 0.25) is 0 Å². The topological polar surface area (TPSA) is 55.8 Å². The number of hydrogen-bond acceptors (Lipinski definition) is 4. The Morgan fingerprint density at radius 1 is 1.18 bits per heavy atom. The van der Waals surface area contributed by atoms with Crippen molar-refractivity contribution in [3.05, 3.63) is 29.8 Å². The number of amides is 1. The molecule has 1 aromatic carbocycles. The van der Waals surface area contributed by atoms with Crippen molar-refractivity contribution < 1.29 is 19.1 Å². The van der Waals surface area contributed by atoms with E-state index in [0.717, 1.165) is 25.7 Å². The van der Waals surface area contributed by atoms with Gasteiger partial charge in [0.15, 0.2) is 0 Å². The van der Waals surface area contributed by atoms with Gasteiger partial charge in [0.1, 0.15) is 5.75 Å². The molecule has 0 N–H and O–H groups in total. The Bertz CT molecular complexity index is 523. The summed E-state index contributed by atoms with van der Waals surface area (Å²) in [5.74, 6) is 0.192. The second-order valence-corrected chi connectivity index (χ2v) is 5.46. The van der Waals surface area contributed by atoms with Crippen LogP contribution in [0.15, 0.2) is 24.3 Å². The zero-order valence-corrected chi connectivity index (χ0v) is 13.2. The summed E-state index contributed by atoms with van der Waals surface area (Å²) < 4.78 is 9.98. The van der Waals surface area contributed by atoms with Crippen molar-refractivity contribution in [1.82, 2.24) is 4.90 Å². The molecule has 0 saturated heterocycles. The number of benzene rings is 1. The van der Waals surface area contributed by atoms with Crippen LogP contribution >= 0.6 is 0 Å². The molecule has 5 heteroatoms. The molecule has 0 unspecified atom stereocenters. The molecule has 1 aromatic rings. The van der Waals surface area contributed by atoms with E-state index in [2.05, 4.69) is 0 Å². The van der Waals surface area contributed by atoms with E-state index < -0.39 is 0 Å². The Morgan fingerprint density at radius 2 is 1.86 bits per heavy atom. The fourth-order valence-corrected chi connectivity index (χ4v) is 2.96. The summed E-state index contributed by atoms with van der Waals surface area (Å²) in [4.78, 5) is 26.1. The first-order chi connectivity index (χ1) is 10.7. The predicted octanol–water partition coefficient (Wildman–Crippen LogP) is 2.64. The molecule has 1 fully saturated rings. The van der Waals surface area contributed by atoms with Crippen LogP contribution in [-0.4, -0.2) is 43.6 Å². The van der Waals surface area contributed by atoms with Gasteiger partial charge in [-0.1, -0.05) is 25.0 Å². The quantitative estimate of drug-likeness (QED) is 0.758. The SMILES string of the molecule is COC(=O)CCN(C(=O)c1ccccc1OC)C1CCCC1. The minimum absolute atomic E-state index is 0.0757. The second-order valence-electron chi connectivity index (χ2n) is 5.46. The van der Waals surface area contributed by atoms with Gasteiger partial charge in [0.2, 0.25) is 0 Å². The molecule has 1 aliphatic rings. The van der Waals surface area contributed by atoms with Crippen molar-refractivity contribution in [2.75, 3.05) is 20.8 Å². The van der Waals surface area contributed by atoms with Gasteiger partial charge in [-0.3, -0.25) is 9.59 Å². The molecule has 0 aromatic heterocycles. The average molecular weight is 305 g/mol. The lowest BCUT2D eigenvalue weighted by molar-refractivity contribution is -0.140. The van der Waals surface area contributed by atoms with Crippen LogP contribution in [0.4, 0.5) is 0 Å². The number of carbonyl (C=O) groups excluding carboxylic acids is 2. The first-order valence-electron chi connectivity index (χ1n) is 7.68. The van der Waals surface area contributed by atoms with Gasteiger partial charge in [0.25, 0.3) is 5.91 Å². The number of rotatable bonds is 6. The second kappa shape index (κ2) is 7.82. The Hall–Kier alpha value is -2.04. The van der Waals surface area contributed by atoms with E-state index in [4.69, 9.17) is 9.47 Å². The highest BCUT2D eigenvalue weighted by Gasteiger charge is 2.29. The number of methoxy groups -OCH3 is 2. The molecule has 0 heterocycles. The summed E-state index contributed by atoms with van der Waals surface area (Å²) in [6.07, 6.45) is 4.44. The van der Waals surface area contributed by atoms with Crippen molar-refractivity contribution in [1.29, 1.82) is 0 Å². The van der Waals surface area contributed by atoms with Gasteiger partial charge >= 0.3 is 5.97 Å². The van der Waals surface area contributed by atoms with E-state index in [0.29, 0.717) is 17.9 Å². The van der Waals surface area contributed by atoms with Crippen molar-refractivity contribution >= 4 is 11.9 Å². The third kappa shape index (κ3) is 3.78. The van der Waals surface area contributed by atoms with Crippen molar-refractivity contribution in [2.45, 2.75) is 38.1 Å². The average Bonchev–Trinajstić information content (AvgIpc) is 3.08. The smallest absolute Gasteiger partial charge is 0.307 e. The maximum atomic E-state index is 12.9.